The number of hydrogen-bond acceptors (Lipinski definition) is 6. The minimum Gasteiger partial charge on any atom is -0.394 e. The van der Waals surface area contributed by atoms with Crippen molar-refractivity contribution in [3.05, 3.63) is 0 Å². The van der Waals surface area contributed by atoms with Crippen LogP contribution in [0, 0.1) is 0 Å². The molecule has 0 aromatic rings. The Morgan fingerprint density at radius 1 is 1.17 bits per heavy atom. The van der Waals surface area contributed by atoms with E-state index in [2.05, 4.69) is 16.0 Å². The Balaban J connectivity index is 5.15. The van der Waals surface area contributed by atoms with Crippen LogP contribution in [-0.4, -0.2) is 59.9 Å². The zero-order chi connectivity index (χ0) is 18.2. The molecule has 0 aromatic heterocycles. The molecule has 0 saturated heterocycles. The van der Waals surface area contributed by atoms with Crippen molar-refractivity contribution in [1.82, 2.24) is 16.0 Å². The molecule has 0 fully saturated rings. The molecule has 6 N–H and O–H groups in total. The van der Waals surface area contributed by atoms with Gasteiger partial charge in [0.15, 0.2) is 5.78 Å². The predicted octanol–water partition coefficient (Wildman–Crippen LogP) is -2.20. The van der Waals surface area contributed by atoms with Crippen LogP contribution in [0.1, 0.15) is 33.6 Å². The summed E-state index contributed by atoms with van der Waals surface area (Å²) in [6.07, 6.45) is -0.00569. The molecule has 3 amide bonds. The van der Waals surface area contributed by atoms with Gasteiger partial charge in [0.1, 0.15) is 6.04 Å². The topological polar surface area (TPSA) is 151 Å². The molecule has 0 heterocycles. The molecule has 0 spiro atoms. The fraction of sp³-hybridized carbons (Fsp3) is 0.714. The number of Topliss-reactive ketones (excluding diaryl/α,β-unsaturated/α-hetero) is 1. The van der Waals surface area contributed by atoms with Crippen LogP contribution in [0.15, 0.2) is 0 Å². The number of aliphatic hydroxyl groups excluding tert-OH is 1. The van der Waals surface area contributed by atoms with Gasteiger partial charge in [-0.25, -0.2) is 0 Å². The Morgan fingerprint density at radius 2 is 1.74 bits per heavy atom. The van der Waals surface area contributed by atoms with Crippen molar-refractivity contribution in [3.63, 3.8) is 0 Å². The summed E-state index contributed by atoms with van der Waals surface area (Å²) in [5.41, 5.74) is 3.86. The first kappa shape index (κ1) is 21.0. The molecule has 9 nitrogen and oxygen atoms in total. The number of nitrogens with two attached hydrogens (primary N) is 1. The maximum Gasteiger partial charge on any atom is 0.239 e. The van der Waals surface area contributed by atoms with Crippen LogP contribution < -0.4 is 21.7 Å². The summed E-state index contributed by atoms with van der Waals surface area (Å²) in [6.45, 7) is 3.81. The van der Waals surface area contributed by atoms with Crippen LogP contribution in [0.5, 0.6) is 0 Å². The van der Waals surface area contributed by atoms with Gasteiger partial charge in [-0.15, -0.1) is 0 Å². The molecule has 9 heteroatoms. The maximum absolute atomic E-state index is 12.6. The molecular formula is C14H26N4O5. The number of nitrogens with one attached hydrogen (secondary N) is 3. The Morgan fingerprint density at radius 3 is 2.13 bits per heavy atom. The molecular weight excluding hydrogens is 304 g/mol. The molecule has 0 radical (unpaired) electrons. The number of carbonyl (C=O) groups excluding carboxylic acids is 4. The van der Waals surface area contributed by atoms with Crippen molar-refractivity contribution in [2.45, 2.75) is 51.2 Å². The number of likely N-dealkylation sites (N-methyl/N-ethyl adjacent to an activating group) is 1. The third-order valence-corrected chi connectivity index (χ3v) is 3.27. The van der Waals surface area contributed by atoms with E-state index in [-0.39, 0.29) is 12.8 Å². The molecule has 0 rings (SSSR count). The summed E-state index contributed by atoms with van der Waals surface area (Å²) in [6, 6.07) is -1.90. The van der Waals surface area contributed by atoms with Crippen molar-refractivity contribution in [2.75, 3.05) is 13.7 Å². The van der Waals surface area contributed by atoms with Gasteiger partial charge in [0, 0.05) is 20.4 Å². The predicted molar refractivity (Wildman–Crippen MR) is 83.2 cm³/mol. The molecule has 0 bridgehead atoms. The van der Waals surface area contributed by atoms with Crippen LogP contribution in [0.4, 0.5) is 0 Å². The van der Waals surface area contributed by atoms with Gasteiger partial charge in [0.05, 0.1) is 18.2 Å². The molecule has 132 valence electrons. The van der Waals surface area contributed by atoms with Crippen molar-refractivity contribution >= 4 is 23.5 Å². The van der Waals surface area contributed by atoms with E-state index in [4.69, 9.17) is 5.73 Å². The standard InChI is InChI=1S/C14H26N4O5/c1-8(20)17-9(5-6-11(15)21)12(22)14(2,3)18-10(7-19)13(23)16-4/h9-10,18-19H,5-7H2,1-4H3,(H2,15,21)(H,16,23)(H,17,20)/t9-,10-/m0/s1. The number of hydrogen-bond donors (Lipinski definition) is 5. The van der Waals surface area contributed by atoms with Crippen LogP contribution in [-0.2, 0) is 19.2 Å². The number of ketones is 1. The van der Waals surface area contributed by atoms with Crippen LogP contribution in [0.3, 0.4) is 0 Å². The molecule has 0 unspecified atom stereocenters. The van der Waals surface area contributed by atoms with Crippen molar-refractivity contribution in [1.29, 1.82) is 0 Å². The second-order valence-corrected chi connectivity index (χ2v) is 5.74. The Kier molecular flexibility index (Phi) is 8.41. The summed E-state index contributed by atoms with van der Waals surface area (Å²) < 4.78 is 0. The van der Waals surface area contributed by atoms with Gasteiger partial charge in [0.2, 0.25) is 17.7 Å². The number of primary amides is 1. The summed E-state index contributed by atoms with van der Waals surface area (Å²) >= 11 is 0. The molecule has 0 aromatic carbocycles. The van der Waals surface area contributed by atoms with Gasteiger partial charge in [-0.05, 0) is 20.3 Å². The molecule has 23 heavy (non-hydrogen) atoms. The average Bonchev–Trinajstić information content (AvgIpc) is 2.46. The summed E-state index contributed by atoms with van der Waals surface area (Å²) in [5.74, 6) is -1.90. The fourth-order valence-electron chi connectivity index (χ4n) is 2.11. The maximum atomic E-state index is 12.6. The van der Waals surface area contributed by atoms with E-state index in [1.54, 1.807) is 0 Å². The van der Waals surface area contributed by atoms with E-state index in [0.717, 1.165) is 0 Å². The summed E-state index contributed by atoms with van der Waals surface area (Å²) in [5, 5.41) is 16.9. The van der Waals surface area contributed by atoms with Gasteiger partial charge in [0.25, 0.3) is 0 Å². The van der Waals surface area contributed by atoms with Crippen molar-refractivity contribution in [2.24, 2.45) is 5.73 Å². The molecule has 0 aliphatic rings. The van der Waals surface area contributed by atoms with Gasteiger partial charge in [-0.3, -0.25) is 24.5 Å². The first-order valence-electron chi connectivity index (χ1n) is 7.25. The minimum absolute atomic E-state index is 0.0582. The number of aliphatic hydroxyl groups is 1. The first-order chi connectivity index (χ1) is 10.5. The van der Waals surface area contributed by atoms with Gasteiger partial charge >= 0.3 is 0 Å². The Hall–Kier alpha value is -2.00. The second kappa shape index (κ2) is 9.21. The van der Waals surface area contributed by atoms with E-state index in [1.807, 2.05) is 0 Å². The Labute approximate surface area is 135 Å². The van der Waals surface area contributed by atoms with Crippen molar-refractivity contribution < 1.29 is 24.3 Å². The smallest absolute Gasteiger partial charge is 0.239 e. The van der Waals surface area contributed by atoms with E-state index < -0.39 is 47.7 Å². The third-order valence-electron chi connectivity index (χ3n) is 3.27. The van der Waals surface area contributed by atoms with Crippen molar-refractivity contribution in [3.8, 4) is 0 Å². The zero-order valence-corrected chi connectivity index (χ0v) is 13.9. The molecule has 0 saturated carbocycles. The lowest BCUT2D eigenvalue weighted by Gasteiger charge is -2.32. The molecule has 0 aliphatic heterocycles. The van der Waals surface area contributed by atoms with Crippen LogP contribution >= 0.6 is 0 Å². The highest BCUT2D eigenvalue weighted by Crippen LogP contribution is 2.12. The minimum atomic E-state index is -1.22. The third kappa shape index (κ3) is 7.20. The lowest BCUT2D eigenvalue weighted by Crippen LogP contribution is -2.61. The fourth-order valence-corrected chi connectivity index (χ4v) is 2.11. The lowest BCUT2D eigenvalue weighted by molar-refractivity contribution is -0.132. The average molecular weight is 330 g/mol. The monoisotopic (exact) mass is 330 g/mol. The normalized spacial score (nSPS) is 13.8. The van der Waals surface area contributed by atoms with Gasteiger partial charge in [-0.2, -0.15) is 0 Å². The highest BCUT2D eigenvalue weighted by molar-refractivity contribution is 5.96. The molecule has 0 aliphatic carbocycles. The summed E-state index contributed by atoms with van der Waals surface area (Å²) in [7, 11) is 1.41. The van der Waals surface area contributed by atoms with Crippen LogP contribution in [0.25, 0.3) is 0 Å². The van der Waals surface area contributed by atoms with E-state index >= 15 is 0 Å². The first-order valence-corrected chi connectivity index (χ1v) is 7.25. The second-order valence-electron chi connectivity index (χ2n) is 5.74. The number of amides is 3. The SMILES string of the molecule is CNC(=O)[C@H](CO)NC(C)(C)C(=O)[C@H](CCC(N)=O)NC(C)=O. The highest BCUT2D eigenvalue weighted by atomic mass is 16.3. The summed E-state index contributed by atoms with van der Waals surface area (Å²) in [4.78, 5) is 46.4. The molecule has 2 atom stereocenters. The largest absolute Gasteiger partial charge is 0.394 e. The van der Waals surface area contributed by atoms with E-state index in [1.165, 1.54) is 27.8 Å². The van der Waals surface area contributed by atoms with E-state index in [0.29, 0.717) is 0 Å². The number of rotatable bonds is 10. The Bertz CT molecular complexity index is 464. The van der Waals surface area contributed by atoms with Gasteiger partial charge < -0.3 is 21.5 Å². The number of carbonyl (C=O) groups is 4. The zero-order valence-electron chi connectivity index (χ0n) is 13.9. The van der Waals surface area contributed by atoms with Crippen LogP contribution in [0.2, 0.25) is 0 Å². The van der Waals surface area contributed by atoms with E-state index in [9.17, 15) is 24.3 Å². The van der Waals surface area contributed by atoms with Gasteiger partial charge in [-0.1, -0.05) is 0 Å². The lowest BCUT2D eigenvalue weighted by atomic mass is 9.89. The highest BCUT2D eigenvalue weighted by Gasteiger charge is 2.37. The quantitative estimate of drug-likeness (QED) is 0.307.